The van der Waals surface area contributed by atoms with Gasteiger partial charge in [0.15, 0.2) is 5.01 Å². The van der Waals surface area contributed by atoms with Crippen molar-refractivity contribution < 1.29 is 27.4 Å². The predicted octanol–water partition coefficient (Wildman–Crippen LogP) is 3.53. The van der Waals surface area contributed by atoms with Gasteiger partial charge >= 0.3 is 12.1 Å². The summed E-state index contributed by atoms with van der Waals surface area (Å²) in [6, 6.07) is 6.19. The first-order chi connectivity index (χ1) is 9.90. The molecule has 1 heterocycles. The average molecular weight is 317 g/mol. The lowest BCUT2D eigenvalue weighted by Gasteiger charge is -2.06. The van der Waals surface area contributed by atoms with E-state index < -0.39 is 17.2 Å². The molecular formula is C13H10F3NO3S. The molecule has 0 fully saturated rings. The molecule has 0 amide bonds. The van der Waals surface area contributed by atoms with E-state index in [0.717, 1.165) is 6.20 Å². The van der Waals surface area contributed by atoms with E-state index in [1.807, 2.05) is 0 Å². The van der Waals surface area contributed by atoms with E-state index >= 15 is 0 Å². The van der Waals surface area contributed by atoms with Crippen molar-refractivity contribution >= 4 is 17.3 Å². The van der Waals surface area contributed by atoms with Crippen LogP contribution in [0.1, 0.15) is 20.2 Å². The predicted molar refractivity (Wildman–Crippen MR) is 69.2 cm³/mol. The number of carbonyl (C=O) groups excluding carboxylic acids is 1. The van der Waals surface area contributed by atoms with Gasteiger partial charge in [-0.05, 0) is 18.2 Å². The number of hydrogen-bond acceptors (Lipinski definition) is 5. The Morgan fingerprint density at radius 2 is 2.14 bits per heavy atom. The van der Waals surface area contributed by atoms with E-state index in [9.17, 15) is 18.0 Å². The molecule has 0 atom stereocenters. The number of hydrogen-bond donors (Lipinski definition) is 0. The molecule has 0 aliphatic rings. The summed E-state index contributed by atoms with van der Waals surface area (Å²) in [5.41, 5.74) is 0.301. The van der Waals surface area contributed by atoms with Gasteiger partial charge in [0.1, 0.15) is 12.4 Å². The first-order valence-corrected chi connectivity index (χ1v) is 6.55. The van der Waals surface area contributed by atoms with Crippen LogP contribution in [0.3, 0.4) is 0 Å². The van der Waals surface area contributed by atoms with Crippen LogP contribution in [-0.2, 0) is 17.5 Å². The van der Waals surface area contributed by atoms with Crippen molar-refractivity contribution in [2.75, 3.05) is 7.11 Å². The molecule has 0 saturated carbocycles. The molecule has 0 aliphatic heterocycles. The maximum atomic E-state index is 12.4. The molecular weight excluding hydrogens is 307 g/mol. The molecule has 112 valence electrons. The van der Waals surface area contributed by atoms with Gasteiger partial charge in [0, 0.05) is 6.20 Å². The second kappa shape index (κ2) is 6.13. The second-order valence-electron chi connectivity index (χ2n) is 3.94. The largest absolute Gasteiger partial charge is 0.488 e. The number of benzene rings is 1. The van der Waals surface area contributed by atoms with E-state index in [1.54, 1.807) is 18.2 Å². The van der Waals surface area contributed by atoms with Crippen molar-refractivity contribution in [1.29, 1.82) is 0 Å². The number of nitrogens with zero attached hydrogens (tertiary/aromatic N) is 1. The molecule has 21 heavy (non-hydrogen) atoms. The second-order valence-corrected chi connectivity index (χ2v) is 5.05. The van der Waals surface area contributed by atoms with E-state index in [-0.39, 0.29) is 6.61 Å². The summed E-state index contributed by atoms with van der Waals surface area (Å²) in [7, 11) is 1.26. The number of carbonyl (C=O) groups is 1. The summed E-state index contributed by atoms with van der Waals surface area (Å²) >= 11 is 0.521. The van der Waals surface area contributed by atoms with Crippen LogP contribution in [0.25, 0.3) is 0 Å². The van der Waals surface area contributed by atoms with Crippen LogP contribution in [0.2, 0.25) is 0 Å². The fraction of sp³-hybridized carbons (Fsp3) is 0.231. The third kappa shape index (κ3) is 3.94. The van der Waals surface area contributed by atoms with Crippen molar-refractivity contribution in [3.8, 4) is 5.75 Å². The minimum absolute atomic E-state index is 0.0572. The Kier molecular flexibility index (Phi) is 4.46. The molecule has 2 aromatic rings. The lowest BCUT2D eigenvalue weighted by molar-refractivity contribution is -0.137. The van der Waals surface area contributed by atoms with Crippen LogP contribution in [0.4, 0.5) is 13.2 Å². The summed E-state index contributed by atoms with van der Waals surface area (Å²) < 4.78 is 47.1. The molecule has 0 radical (unpaired) electrons. The summed E-state index contributed by atoms with van der Waals surface area (Å²) in [6.07, 6.45) is -3.33. The van der Waals surface area contributed by atoms with Crippen LogP contribution >= 0.6 is 11.3 Å². The highest BCUT2D eigenvalue weighted by molar-refractivity contribution is 7.11. The Morgan fingerprint density at radius 3 is 2.76 bits per heavy atom. The van der Waals surface area contributed by atoms with Gasteiger partial charge < -0.3 is 9.47 Å². The summed E-state index contributed by atoms with van der Waals surface area (Å²) in [5, 5.41) is -0.913. The Balaban J connectivity index is 2.03. The maximum absolute atomic E-state index is 12.4. The number of ether oxygens (including phenoxy) is 2. The van der Waals surface area contributed by atoms with Crippen LogP contribution in [-0.4, -0.2) is 18.1 Å². The number of halogens is 3. The number of aromatic nitrogens is 1. The monoisotopic (exact) mass is 317 g/mol. The van der Waals surface area contributed by atoms with E-state index in [1.165, 1.54) is 13.2 Å². The molecule has 2 rings (SSSR count). The van der Waals surface area contributed by atoms with Crippen LogP contribution in [0.5, 0.6) is 5.75 Å². The molecule has 4 nitrogen and oxygen atoms in total. The van der Waals surface area contributed by atoms with Crippen molar-refractivity contribution in [3.63, 3.8) is 0 Å². The molecule has 0 bridgehead atoms. The van der Waals surface area contributed by atoms with Crippen LogP contribution in [0, 0.1) is 0 Å². The number of alkyl halides is 3. The van der Waals surface area contributed by atoms with E-state index in [4.69, 9.17) is 4.74 Å². The Hall–Kier alpha value is -2.09. The fourth-order valence-electron chi connectivity index (χ4n) is 1.49. The summed E-state index contributed by atoms with van der Waals surface area (Å²) in [5.74, 6) is -0.155. The highest BCUT2D eigenvalue weighted by Gasteiger charge is 2.34. The van der Waals surface area contributed by atoms with Gasteiger partial charge in [0.25, 0.3) is 0 Å². The SMILES string of the molecule is COC(=O)c1cccc(OCc2cnc(C(F)(F)F)s2)c1. The first-order valence-electron chi connectivity index (χ1n) is 5.73. The Morgan fingerprint density at radius 1 is 1.38 bits per heavy atom. The minimum atomic E-state index is -4.45. The molecule has 0 spiro atoms. The van der Waals surface area contributed by atoms with Crippen molar-refractivity contribution in [2.24, 2.45) is 0 Å². The van der Waals surface area contributed by atoms with Gasteiger partial charge in [-0.15, -0.1) is 11.3 Å². The highest BCUT2D eigenvalue weighted by atomic mass is 32.1. The lowest BCUT2D eigenvalue weighted by Crippen LogP contribution is -2.03. The quantitative estimate of drug-likeness (QED) is 0.810. The van der Waals surface area contributed by atoms with Crippen molar-refractivity contribution in [1.82, 2.24) is 4.98 Å². The molecule has 0 unspecified atom stereocenters. The van der Waals surface area contributed by atoms with Gasteiger partial charge in [0.05, 0.1) is 17.6 Å². The topological polar surface area (TPSA) is 48.4 Å². The zero-order valence-corrected chi connectivity index (χ0v) is 11.6. The average Bonchev–Trinajstić information content (AvgIpc) is 2.93. The van der Waals surface area contributed by atoms with Gasteiger partial charge in [-0.3, -0.25) is 0 Å². The van der Waals surface area contributed by atoms with Crippen molar-refractivity contribution in [2.45, 2.75) is 12.8 Å². The summed E-state index contributed by atoms with van der Waals surface area (Å²) in [6.45, 7) is -0.0572. The molecule has 0 saturated heterocycles. The first kappa shape index (κ1) is 15.3. The normalized spacial score (nSPS) is 11.2. The third-order valence-electron chi connectivity index (χ3n) is 2.43. The smallest absolute Gasteiger partial charge is 0.443 e. The summed E-state index contributed by atoms with van der Waals surface area (Å²) in [4.78, 5) is 15.0. The third-order valence-corrected chi connectivity index (χ3v) is 3.45. The highest BCUT2D eigenvalue weighted by Crippen LogP contribution is 2.32. The fourth-order valence-corrected chi connectivity index (χ4v) is 2.18. The van der Waals surface area contributed by atoms with Crippen molar-refractivity contribution in [3.05, 3.63) is 45.9 Å². The Bertz CT molecular complexity index is 640. The van der Waals surface area contributed by atoms with E-state index in [0.29, 0.717) is 27.5 Å². The molecule has 1 aromatic heterocycles. The zero-order chi connectivity index (χ0) is 15.5. The number of thiazole rings is 1. The molecule has 0 aliphatic carbocycles. The standard InChI is InChI=1S/C13H10F3NO3S/c1-19-11(18)8-3-2-4-9(5-8)20-7-10-6-17-12(21-10)13(14,15)16/h2-6H,7H2,1H3. The Labute approximate surface area is 122 Å². The number of esters is 1. The van der Waals surface area contributed by atoms with Gasteiger partial charge in [0.2, 0.25) is 0 Å². The molecule has 1 aromatic carbocycles. The van der Waals surface area contributed by atoms with Crippen LogP contribution in [0.15, 0.2) is 30.5 Å². The molecule has 0 N–H and O–H groups in total. The van der Waals surface area contributed by atoms with E-state index in [2.05, 4.69) is 9.72 Å². The van der Waals surface area contributed by atoms with Gasteiger partial charge in [-0.25, -0.2) is 9.78 Å². The van der Waals surface area contributed by atoms with Gasteiger partial charge in [-0.1, -0.05) is 6.07 Å². The minimum Gasteiger partial charge on any atom is -0.488 e. The molecule has 8 heteroatoms. The van der Waals surface area contributed by atoms with Gasteiger partial charge in [-0.2, -0.15) is 13.2 Å². The lowest BCUT2D eigenvalue weighted by atomic mass is 10.2. The maximum Gasteiger partial charge on any atom is 0.443 e. The van der Waals surface area contributed by atoms with Crippen LogP contribution < -0.4 is 4.74 Å². The number of rotatable bonds is 4. The zero-order valence-electron chi connectivity index (χ0n) is 10.8. The number of methoxy groups -OCH3 is 1.